The number of carbonyl (C=O) groups is 2. The summed E-state index contributed by atoms with van der Waals surface area (Å²) in [5, 5.41) is 5.20. The van der Waals surface area contributed by atoms with Crippen molar-refractivity contribution in [3.8, 4) is 28.2 Å². The average Bonchev–Trinajstić information content (AvgIpc) is 3.28. The van der Waals surface area contributed by atoms with Gasteiger partial charge in [0.05, 0.1) is 19.8 Å². The third-order valence-corrected chi connectivity index (χ3v) is 5.78. The van der Waals surface area contributed by atoms with E-state index in [-0.39, 0.29) is 39.5 Å². The number of nitrogens with one attached hydrogen (secondary N) is 2. The third-order valence-electron chi connectivity index (χ3n) is 5.78. The van der Waals surface area contributed by atoms with Gasteiger partial charge in [-0.15, -0.1) is 0 Å². The van der Waals surface area contributed by atoms with Crippen LogP contribution in [-0.4, -0.2) is 45.9 Å². The maximum absolute atomic E-state index is 13.5. The molecule has 4 aromatic rings. The van der Waals surface area contributed by atoms with Crippen LogP contribution in [0.1, 0.15) is 20.7 Å². The van der Waals surface area contributed by atoms with Crippen LogP contribution in [0.25, 0.3) is 33.4 Å². The maximum Gasteiger partial charge on any atom is 0.405 e. The quantitative estimate of drug-likeness (QED) is 0.224. The molecule has 1 amide bonds. The van der Waals surface area contributed by atoms with Crippen LogP contribution in [-0.2, 0) is 4.74 Å². The first kappa shape index (κ1) is 26.5. The van der Waals surface area contributed by atoms with Crippen molar-refractivity contribution in [3.63, 3.8) is 0 Å². The number of alkyl halides is 3. The normalized spacial score (nSPS) is 11.3. The van der Waals surface area contributed by atoms with Crippen molar-refractivity contribution in [2.45, 2.75) is 6.18 Å². The van der Waals surface area contributed by atoms with Gasteiger partial charge >= 0.3 is 12.1 Å². The first-order valence-electron chi connectivity index (χ1n) is 11.2. The standard InChI is InChI=1S/C27H22F4N2O5/c1-32-25(34)23-18-11-17(15-6-9-21(36-2)19(10-15)26(35)37-3)20(33-13-27(29,30)31)12-22(18)38-24(23)14-4-7-16(28)8-5-14/h4-12,33H,13H2,1-3H3,(H,32,34). The molecule has 0 saturated carbocycles. The zero-order chi connectivity index (χ0) is 27.6. The minimum absolute atomic E-state index is 0.0404. The molecule has 0 aliphatic carbocycles. The molecule has 0 aliphatic heterocycles. The van der Waals surface area contributed by atoms with Gasteiger partial charge in [0.1, 0.15) is 35.0 Å². The van der Waals surface area contributed by atoms with Crippen LogP contribution < -0.4 is 15.4 Å². The smallest absolute Gasteiger partial charge is 0.405 e. The molecule has 0 aliphatic rings. The van der Waals surface area contributed by atoms with Gasteiger partial charge in [-0.25, -0.2) is 9.18 Å². The average molecular weight is 530 g/mol. The Balaban J connectivity index is 2.00. The predicted octanol–water partition coefficient (Wildman–Crippen LogP) is 6.03. The van der Waals surface area contributed by atoms with Crippen LogP contribution in [0.3, 0.4) is 0 Å². The van der Waals surface area contributed by atoms with Crippen molar-refractivity contribution in [1.82, 2.24) is 5.32 Å². The second-order valence-electron chi connectivity index (χ2n) is 8.16. The van der Waals surface area contributed by atoms with Gasteiger partial charge < -0.3 is 24.5 Å². The first-order chi connectivity index (χ1) is 18.1. The second-order valence-corrected chi connectivity index (χ2v) is 8.16. The summed E-state index contributed by atoms with van der Waals surface area (Å²) in [5.74, 6) is -1.39. The highest BCUT2D eigenvalue weighted by Crippen LogP contribution is 2.41. The lowest BCUT2D eigenvalue weighted by Gasteiger charge is -2.16. The van der Waals surface area contributed by atoms with Crippen LogP contribution in [0.15, 0.2) is 59.0 Å². The second kappa shape index (κ2) is 10.4. The highest BCUT2D eigenvalue weighted by Gasteiger charge is 2.29. The molecule has 0 unspecified atom stereocenters. The molecule has 4 rings (SSSR count). The van der Waals surface area contributed by atoms with Crippen molar-refractivity contribution in [2.24, 2.45) is 0 Å². The van der Waals surface area contributed by atoms with Crippen LogP contribution in [0.5, 0.6) is 5.75 Å². The molecule has 198 valence electrons. The molecule has 1 heterocycles. The number of halogens is 4. The molecule has 0 fully saturated rings. The predicted molar refractivity (Wildman–Crippen MR) is 133 cm³/mol. The fourth-order valence-corrected chi connectivity index (χ4v) is 4.02. The topological polar surface area (TPSA) is 89.8 Å². The fraction of sp³-hybridized carbons (Fsp3) is 0.185. The van der Waals surface area contributed by atoms with E-state index in [2.05, 4.69) is 10.6 Å². The van der Waals surface area contributed by atoms with Crippen molar-refractivity contribution < 1.29 is 41.0 Å². The van der Waals surface area contributed by atoms with E-state index in [0.29, 0.717) is 16.5 Å². The molecule has 3 aromatic carbocycles. The number of ether oxygens (including phenoxy) is 2. The molecule has 0 radical (unpaired) electrons. The molecular formula is C27H22F4N2O5. The van der Waals surface area contributed by atoms with Crippen LogP contribution in [0, 0.1) is 5.82 Å². The Morgan fingerprint density at radius 3 is 2.26 bits per heavy atom. The molecule has 11 heteroatoms. The summed E-state index contributed by atoms with van der Waals surface area (Å²) in [7, 11) is 3.97. The molecule has 7 nitrogen and oxygen atoms in total. The van der Waals surface area contributed by atoms with E-state index in [9.17, 15) is 27.2 Å². The van der Waals surface area contributed by atoms with E-state index in [1.165, 1.54) is 69.8 Å². The summed E-state index contributed by atoms with van der Waals surface area (Å²) in [6.07, 6.45) is -4.53. The third kappa shape index (κ3) is 5.26. The Labute approximate surface area is 214 Å². The highest BCUT2D eigenvalue weighted by molar-refractivity contribution is 6.13. The Kier molecular flexibility index (Phi) is 7.29. The van der Waals surface area contributed by atoms with E-state index in [1.807, 2.05) is 0 Å². The Hall–Kier alpha value is -4.54. The number of esters is 1. The molecule has 38 heavy (non-hydrogen) atoms. The summed E-state index contributed by atoms with van der Waals surface area (Å²) in [6, 6.07) is 12.6. The Bertz CT molecular complexity index is 1510. The molecule has 0 atom stereocenters. The summed E-state index contributed by atoms with van der Waals surface area (Å²) in [6.45, 7) is -1.35. The lowest BCUT2D eigenvalue weighted by molar-refractivity contribution is -0.115. The minimum Gasteiger partial charge on any atom is -0.496 e. The zero-order valence-corrected chi connectivity index (χ0v) is 20.5. The van der Waals surface area contributed by atoms with Crippen LogP contribution in [0.2, 0.25) is 0 Å². The Morgan fingerprint density at radius 2 is 1.66 bits per heavy atom. The molecule has 0 saturated heterocycles. The number of benzene rings is 3. The van der Waals surface area contributed by atoms with E-state index in [4.69, 9.17) is 13.9 Å². The van der Waals surface area contributed by atoms with Gasteiger partial charge in [0, 0.05) is 35.3 Å². The van der Waals surface area contributed by atoms with Crippen molar-refractivity contribution >= 4 is 28.5 Å². The fourth-order valence-electron chi connectivity index (χ4n) is 4.02. The number of fused-ring (bicyclic) bond motifs is 1. The van der Waals surface area contributed by atoms with Gasteiger partial charge in [-0.1, -0.05) is 6.07 Å². The monoisotopic (exact) mass is 530 g/mol. The maximum atomic E-state index is 13.5. The first-order valence-corrected chi connectivity index (χ1v) is 11.2. The summed E-state index contributed by atoms with van der Waals surface area (Å²) < 4.78 is 68.9. The number of hydrogen-bond acceptors (Lipinski definition) is 6. The molecule has 2 N–H and O–H groups in total. The number of anilines is 1. The SMILES string of the molecule is CNC(=O)c1c(-c2ccc(F)cc2)oc2cc(NCC(F)(F)F)c(-c3ccc(OC)c(C(=O)OC)c3)cc12. The Morgan fingerprint density at radius 1 is 0.974 bits per heavy atom. The summed E-state index contributed by atoms with van der Waals surface area (Å²) >= 11 is 0. The van der Waals surface area contributed by atoms with Crippen molar-refractivity contribution in [3.05, 3.63) is 71.5 Å². The van der Waals surface area contributed by atoms with Gasteiger partial charge in [0.2, 0.25) is 0 Å². The van der Waals surface area contributed by atoms with Gasteiger partial charge in [-0.3, -0.25) is 4.79 Å². The minimum atomic E-state index is -4.53. The van der Waals surface area contributed by atoms with Gasteiger partial charge in [-0.05, 0) is 48.0 Å². The van der Waals surface area contributed by atoms with E-state index in [0.717, 1.165) is 0 Å². The number of carbonyl (C=O) groups excluding carboxylic acids is 2. The zero-order valence-electron chi connectivity index (χ0n) is 20.5. The summed E-state index contributed by atoms with van der Waals surface area (Å²) in [5.41, 5.74) is 1.33. The largest absolute Gasteiger partial charge is 0.496 e. The number of hydrogen-bond donors (Lipinski definition) is 2. The van der Waals surface area contributed by atoms with Gasteiger partial charge in [0.25, 0.3) is 5.91 Å². The van der Waals surface area contributed by atoms with Gasteiger partial charge in [-0.2, -0.15) is 13.2 Å². The molecule has 0 bridgehead atoms. The highest BCUT2D eigenvalue weighted by atomic mass is 19.4. The van der Waals surface area contributed by atoms with E-state index < -0.39 is 30.4 Å². The molecule has 0 spiro atoms. The number of rotatable bonds is 7. The van der Waals surface area contributed by atoms with Crippen molar-refractivity contribution in [2.75, 3.05) is 33.1 Å². The van der Waals surface area contributed by atoms with E-state index in [1.54, 1.807) is 6.07 Å². The lowest BCUT2D eigenvalue weighted by atomic mass is 9.97. The molecule has 1 aromatic heterocycles. The van der Waals surface area contributed by atoms with Crippen LogP contribution >= 0.6 is 0 Å². The van der Waals surface area contributed by atoms with Gasteiger partial charge in [0.15, 0.2) is 0 Å². The van der Waals surface area contributed by atoms with Crippen molar-refractivity contribution in [1.29, 1.82) is 0 Å². The van der Waals surface area contributed by atoms with Crippen LogP contribution in [0.4, 0.5) is 23.2 Å². The molecular weight excluding hydrogens is 508 g/mol. The summed E-state index contributed by atoms with van der Waals surface area (Å²) in [4.78, 5) is 25.3. The van der Waals surface area contributed by atoms with E-state index >= 15 is 0 Å². The number of furan rings is 1. The number of amides is 1. The lowest BCUT2D eigenvalue weighted by Crippen LogP contribution is -2.21. The number of methoxy groups -OCH3 is 2.